The summed E-state index contributed by atoms with van der Waals surface area (Å²) in [5.41, 5.74) is 0. The van der Waals surface area contributed by atoms with Crippen molar-refractivity contribution in [3.63, 3.8) is 0 Å². The maximum absolute atomic E-state index is 11.1. The van der Waals surface area contributed by atoms with Gasteiger partial charge in [0.05, 0.1) is 0 Å². The number of ether oxygens (including phenoxy) is 1. The van der Waals surface area contributed by atoms with E-state index in [-0.39, 0.29) is 12.6 Å². The van der Waals surface area contributed by atoms with Crippen LogP contribution in [0.15, 0.2) is 12.2 Å². The number of hydrogen-bond acceptors (Lipinski definition) is 6. The molecular formula is C11H23NO6Si. The summed E-state index contributed by atoms with van der Waals surface area (Å²) >= 11 is 0. The summed E-state index contributed by atoms with van der Waals surface area (Å²) < 4.78 is 20.7. The zero-order chi connectivity index (χ0) is 14.7. The fourth-order valence-corrected chi connectivity index (χ4v) is 3.07. The van der Waals surface area contributed by atoms with Gasteiger partial charge in [0.1, 0.15) is 6.73 Å². The van der Waals surface area contributed by atoms with Crippen molar-refractivity contribution in [2.75, 3.05) is 28.1 Å². The third-order valence-electron chi connectivity index (χ3n) is 2.47. The summed E-state index contributed by atoms with van der Waals surface area (Å²) in [6.07, 6.45) is 2.26. The minimum Gasteiger partial charge on any atom is -0.377 e. The van der Waals surface area contributed by atoms with Gasteiger partial charge in [0, 0.05) is 33.8 Å². The zero-order valence-electron chi connectivity index (χ0n) is 11.8. The van der Waals surface area contributed by atoms with Crippen LogP contribution in [0.2, 0.25) is 6.04 Å². The molecule has 0 aromatic carbocycles. The molecule has 0 rings (SSSR count). The Hall–Kier alpha value is -0.773. The second-order valence-corrected chi connectivity index (χ2v) is 6.73. The van der Waals surface area contributed by atoms with Crippen molar-refractivity contribution in [3.8, 4) is 0 Å². The van der Waals surface area contributed by atoms with Crippen molar-refractivity contribution in [3.05, 3.63) is 12.2 Å². The average Bonchev–Trinajstić information content (AvgIpc) is 2.41. The van der Waals surface area contributed by atoms with Gasteiger partial charge in [-0.15, -0.1) is 0 Å². The molecule has 0 heterocycles. The van der Waals surface area contributed by atoms with Crippen molar-refractivity contribution < 1.29 is 27.9 Å². The molecule has 0 aromatic heterocycles. The Labute approximate surface area is 114 Å². The predicted octanol–water partition coefficient (Wildman–Crippen LogP) is 0.239. The van der Waals surface area contributed by atoms with Crippen LogP contribution >= 0.6 is 0 Å². The Morgan fingerprint density at radius 3 is 2.37 bits per heavy atom. The van der Waals surface area contributed by atoms with E-state index in [0.717, 1.165) is 0 Å². The Bertz CT molecular complexity index is 274. The highest BCUT2D eigenvalue weighted by Gasteiger charge is 2.37. The van der Waals surface area contributed by atoms with Crippen LogP contribution in [0.25, 0.3) is 0 Å². The Balaban J connectivity index is 3.92. The highest BCUT2D eigenvalue weighted by molar-refractivity contribution is 6.60. The average molecular weight is 293 g/mol. The Morgan fingerprint density at radius 2 is 1.89 bits per heavy atom. The summed E-state index contributed by atoms with van der Waals surface area (Å²) in [5, 5.41) is 12.1. The quantitative estimate of drug-likeness (QED) is 0.341. The highest BCUT2D eigenvalue weighted by Crippen LogP contribution is 2.16. The lowest BCUT2D eigenvalue weighted by Crippen LogP contribution is -2.43. The molecule has 0 fully saturated rings. The third-order valence-corrected chi connectivity index (χ3v) is 5.24. The summed E-state index contributed by atoms with van der Waals surface area (Å²) in [7, 11) is 1.82. The second kappa shape index (κ2) is 10.1. The monoisotopic (exact) mass is 293 g/mol. The minimum atomic E-state index is -2.69. The van der Waals surface area contributed by atoms with Gasteiger partial charge in [-0.25, -0.2) is 0 Å². The number of rotatable bonds is 10. The molecule has 112 valence electrons. The van der Waals surface area contributed by atoms with Gasteiger partial charge in [-0.2, -0.15) is 0 Å². The summed E-state index contributed by atoms with van der Waals surface area (Å²) in [4.78, 5) is 11.1. The third kappa shape index (κ3) is 7.40. The van der Waals surface area contributed by atoms with Crippen LogP contribution in [-0.2, 0) is 22.8 Å². The summed E-state index contributed by atoms with van der Waals surface area (Å²) in [5.74, 6) is -0.274. The van der Waals surface area contributed by atoms with Gasteiger partial charge in [-0.05, 0) is 13.0 Å². The van der Waals surface area contributed by atoms with Crippen LogP contribution in [0.4, 0.5) is 0 Å². The molecule has 0 aliphatic rings. The molecule has 2 N–H and O–H groups in total. The first-order valence-corrected chi connectivity index (χ1v) is 7.82. The summed E-state index contributed by atoms with van der Waals surface area (Å²) in [6, 6.07) is 0.417. The number of amides is 1. The van der Waals surface area contributed by atoms with Gasteiger partial charge in [0.2, 0.25) is 5.91 Å². The lowest BCUT2D eigenvalue weighted by atomic mass is 10.5. The molecular weight excluding hydrogens is 270 g/mol. The summed E-state index contributed by atoms with van der Waals surface area (Å²) in [6.45, 7) is 1.67. The molecule has 1 amide bonds. The topological polar surface area (TPSA) is 86.3 Å². The van der Waals surface area contributed by atoms with E-state index >= 15 is 0 Å². The van der Waals surface area contributed by atoms with E-state index in [1.54, 1.807) is 13.0 Å². The molecule has 1 unspecified atom stereocenters. The first kappa shape index (κ1) is 18.2. The van der Waals surface area contributed by atoms with E-state index in [1.807, 2.05) is 0 Å². The molecule has 1 atom stereocenters. The molecule has 0 aromatic rings. The van der Waals surface area contributed by atoms with Crippen LogP contribution in [-0.4, -0.2) is 54.2 Å². The molecule has 0 saturated heterocycles. The number of hydrogen-bond donors (Lipinski definition) is 2. The normalized spacial score (nSPS) is 13.7. The van der Waals surface area contributed by atoms with Crippen LogP contribution in [0.3, 0.4) is 0 Å². The van der Waals surface area contributed by atoms with E-state index in [4.69, 9.17) is 18.0 Å². The van der Waals surface area contributed by atoms with Gasteiger partial charge in [0.15, 0.2) is 6.29 Å². The maximum Gasteiger partial charge on any atom is 0.500 e. The maximum atomic E-state index is 11.1. The first-order chi connectivity index (χ1) is 9.03. The van der Waals surface area contributed by atoms with Gasteiger partial charge in [-0.3, -0.25) is 4.79 Å². The van der Waals surface area contributed by atoms with Crippen LogP contribution in [0.5, 0.6) is 0 Å². The fraction of sp³-hybridized carbons (Fsp3) is 0.727. The van der Waals surface area contributed by atoms with E-state index in [0.29, 0.717) is 12.5 Å². The molecule has 0 saturated carbocycles. The largest absolute Gasteiger partial charge is 0.500 e. The smallest absolute Gasteiger partial charge is 0.377 e. The van der Waals surface area contributed by atoms with Gasteiger partial charge in [0.25, 0.3) is 0 Å². The number of aliphatic hydroxyl groups excluding tert-OH is 1. The molecule has 0 aliphatic heterocycles. The SMILES string of the molecule is CC=CC(=O)NCOC(O)CC[Si](OC)(OC)OC. The minimum absolute atomic E-state index is 0.0636. The van der Waals surface area contributed by atoms with Crippen LogP contribution in [0, 0.1) is 0 Å². The van der Waals surface area contributed by atoms with Gasteiger partial charge < -0.3 is 28.4 Å². The number of nitrogens with one attached hydrogen (secondary N) is 1. The number of carbonyl (C=O) groups is 1. The van der Waals surface area contributed by atoms with E-state index in [2.05, 4.69) is 5.32 Å². The lowest BCUT2D eigenvalue weighted by molar-refractivity contribution is -0.128. The molecule has 8 heteroatoms. The van der Waals surface area contributed by atoms with Crippen LogP contribution < -0.4 is 5.32 Å². The number of allylic oxidation sites excluding steroid dienone is 1. The van der Waals surface area contributed by atoms with E-state index in [9.17, 15) is 9.90 Å². The van der Waals surface area contributed by atoms with Crippen molar-refractivity contribution in [2.45, 2.75) is 25.7 Å². The predicted molar refractivity (Wildman–Crippen MR) is 71.1 cm³/mol. The lowest BCUT2D eigenvalue weighted by Gasteiger charge is -2.25. The van der Waals surface area contributed by atoms with Crippen molar-refractivity contribution in [2.24, 2.45) is 0 Å². The molecule has 0 spiro atoms. The zero-order valence-corrected chi connectivity index (χ0v) is 12.8. The first-order valence-electron chi connectivity index (χ1n) is 5.89. The molecule has 7 nitrogen and oxygen atoms in total. The van der Waals surface area contributed by atoms with E-state index in [1.165, 1.54) is 27.4 Å². The van der Waals surface area contributed by atoms with Crippen molar-refractivity contribution in [1.29, 1.82) is 0 Å². The number of aliphatic hydroxyl groups is 1. The number of carbonyl (C=O) groups excluding carboxylic acids is 1. The van der Waals surface area contributed by atoms with Crippen molar-refractivity contribution >= 4 is 14.7 Å². The molecule has 0 aliphatic carbocycles. The van der Waals surface area contributed by atoms with Crippen molar-refractivity contribution in [1.82, 2.24) is 5.32 Å². The second-order valence-electron chi connectivity index (χ2n) is 3.64. The molecule has 19 heavy (non-hydrogen) atoms. The highest BCUT2D eigenvalue weighted by atomic mass is 28.4. The standard InChI is InChI=1S/C11H23NO6Si/c1-5-6-10(13)12-9-18-11(14)7-8-19(15-2,16-3)17-4/h5-6,11,14H,7-9H2,1-4H3,(H,12,13). The fourth-order valence-electron chi connectivity index (χ4n) is 1.36. The van der Waals surface area contributed by atoms with E-state index < -0.39 is 15.1 Å². The Kier molecular flexibility index (Phi) is 9.66. The molecule has 0 bridgehead atoms. The molecule has 0 radical (unpaired) electrons. The van der Waals surface area contributed by atoms with Gasteiger partial charge >= 0.3 is 8.80 Å². The Morgan fingerprint density at radius 1 is 1.32 bits per heavy atom. The van der Waals surface area contributed by atoms with Crippen LogP contribution in [0.1, 0.15) is 13.3 Å². The van der Waals surface area contributed by atoms with Gasteiger partial charge in [-0.1, -0.05) is 6.08 Å².